The third kappa shape index (κ3) is 4.16. The van der Waals surface area contributed by atoms with E-state index in [0.717, 1.165) is 44.7 Å². The smallest absolute Gasteiger partial charge is 0.315 e. The Morgan fingerprint density at radius 1 is 1.17 bits per heavy atom. The van der Waals surface area contributed by atoms with Gasteiger partial charge in [-0.3, -0.25) is 4.90 Å². The van der Waals surface area contributed by atoms with Gasteiger partial charge in [0.05, 0.1) is 13.2 Å². The second kappa shape index (κ2) is 7.51. The third-order valence-electron chi connectivity index (χ3n) is 4.91. The number of hydrogen-bond donors (Lipinski definition) is 2. The lowest BCUT2D eigenvalue weighted by Gasteiger charge is -2.51. The Labute approximate surface area is 142 Å². The maximum atomic E-state index is 12.1. The number of nitrogens with one attached hydrogen (secondary N) is 2. The summed E-state index contributed by atoms with van der Waals surface area (Å²) in [6, 6.07) is 7.39. The van der Waals surface area contributed by atoms with Crippen molar-refractivity contribution in [2.24, 2.45) is 0 Å². The van der Waals surface area contributed by atoms with Crippen molar-refractivity contribution in [2.45, 2.75) is 31.3 Å². The van der Waals surface area contributed by atoms with Gasteiger partial charge >= 0.3 is 6.03 Å². The molecule has 23 heavy (non-hydrogen) atoms. The molecule has 1 aromatic carbocycles. The average Bonchev–Trinajstić information content (AvgIpc) is 2.54. The monoisotopic (exact) mass is 337 g/mol. The molecule has 2 amide bonds. The molecule has 0 aromatic heterocycles. The molecule has 1 aliphatic carbocycles. The Hall–Kier alpha value is -1.30. The lowest BCUT2D eigenvalue weighted by Crippen LogP contribution is -2.63. The van der Waals surface area contributed by atoms with E-state index in [2.05, 4.69) is 15.5 Å². The molecule has 0 spiro atoms. The Balaban J connectivity index is 1.45. The number of halogens is 1. The van der Waals surface area contributed by atoms with E-state index in [1.54, 1.807) is 0 Å². The van der Waals surface area contributed by atoms with Crippen molar-refractivity contribution >= 4 is 17.6 Å². The Kier molecular flexibility index (Phi) is 5.41. The highest BCUT2D eigenvalue weighted by atomic mass is 35.5. The predicted molar refractivity (Wildman–Crippen MR) is 90.7 cm³/mol. The lowest BCUT2D eigenvalue weighted by atomic mass is 9.75. The molecule has 0 radical (unpaired) electrons. The molecule has 6 heteroatoms. The number of rotatable bonds is 5. The first-order chi connectivity index (χ1) is 11.2. The van der Waals surface area contributed by atoms with E-state index < -0.39 is 0 Å². The fraction of sp³-hybridized carbons (Fsp3) is 0.588. The molecule has 1 saturated heterocycles. The number of urea groups is 1. The molecule has 1 aliphatic heterocycles. The minimum Gasteiger partial charge on any atom is -0.379 e. The van der Waals surface area contributed by atoms with Crippen molar-refractivity contribution in [1.82, 2.24) is 15.5 Å². The highest BCUT2D eigenvalue weighted by Gasteiger charge is 2.42. The van der Waals surface area contributed by atoms with E-state index >= 15 is 0 Å². The van der Waals surface area contributed by atoms with Gasteiger partial charge in [0.1, 0.15) is 0 Å². The van der Waals surface area contributed by atoms with Crippen LogP contribution in [0.4, 0.5) is 4.79 Å². The molecular formula is C17H24ClN3O2. The number of carbonyl (C=O) groups is 1. The summed E-state index contributed by atoms with van der Waals surface area (Å²) in [5.41, 5.74) is 1.18. The van der Waals surface area contributed by atoms with Crippen LogP contribution in [0.25, 0.3) is 0 Å². The van der Waals surface area contributed by atoms with Crippen molar-refractivity contribution in [3.8, 4) is 0 Å². The molecule has 1 heterocycles. The first-order valence-electron chi connectivity index (χ1n) is 8.27. The summed E-state index contributed by atoms with van der Waals surface area (Å²) < 4.78 is 5.43. The number of amides is 2. The zero-order chi connectivity index (χ0) is 16.1. The number of morpholine rings is 1. The molecule has 0 atom stereocenters. The second-order valence-corrected chi connectivity index (χ2v) is 6.78. The Morgan fingerprint density at radius 2 is 1.87 bits per heavy atom. The van der Waals surface area contributed by atoms with Crippen molar-refractivity contribution in [3.05, 3.63) is 34.9 Å². The molecule has 2 aliphatic rings. The predicted octanol–water partition coefficient (Wildman–Crippen LogP) is 2.39. The van der Waals surface area contributed by atoms with Crippen LogP contribution in [0.15, 0.2) is 24.3 Å². The zero-order valence-electron chi connectivity index (χ0n) is 13.3. The first kappa shape index (κ1) is 16.6. The number of ether oxygens (including phenoxy) is 1. The molecular weight excluding hydrogens is 314 g/mol. The van der Waals surface area contributed by atoms with Crippen molar-refractivity contribution in [3.63, 3.8) is 0 Å². The quantitative estimate of drug-likeness (QED) is 0.867. The van der Waals surface area contributed by atoms with Gasteiger partial charge in [0.15, 0.2) is 0 Å². The number of hydrogen-bond acceptors (Lipinski definition) is 3. The second-order valence-electron chi connectivity index (χ2n) is 6.34. The van der Waals surface area contributed by atoms with Gasteiger partial charge in [-0.05, 0) is 37.0 Å². The fourth-order valence-corrected chi connectivity index (χ4v) is 3.45. The SMILES string of the molecule is O=C(NCc1ccc(Cl)cc1)NCC1(N2CCOCC2)CCC1. The summed E-state index contributed by atoms with van der Waals surface area (Å²) in [7, 11) is 0. The molecule has 1 aromatic rings. The van der Waals surface area contributed by atoms with Crippen LogP contribution in [0, 0.1) is 0 Å². The average molecular weight is 338 g/mol. The van der Waals surface area contributed by atoms with Gasteiger partial charge in [0.25, 0.3) is 0 Å². The molecule has 2 fully saturated rings. The standard InChI is InChI=1S/C17H24ClN3O2/c18-15-4-2-14(3-5-15)12-19-16(22)20-13-17(6-1-7-17)21-8-10-23-11-9-21/h2-5H,1,6-13H2,(H2,19,20,22). The summed E-state index contributed by atoms with van der Waals surface area (Å²) in [6.07, 6.45) is 3.56. The van der Waals surface area contributed by atoms with Gasteiger partial charge in [-0.2, -0.15) is 0 Å². The van der Waals surface area contributed by atoms with Crippen LogP contribution in [0.2, 0.25) is 5.02 Å². The first-order valence-corrected chi connectivity index (χ1v) is 8.65. The van der Waals surface area contributed by atoms with E-state index in [1.807, 2.05) is 24.3 Å². The van der Waals surface area contributed by atoms with Crippen LogP contribution in [0.5, 0.6) is 0 Å². The minimum absolute atomic E-state index is 0.112. The summed E-state index contributed by atoms with van der Waals surface area (Å²) in [5.74, 6) is 0. The fourth-order valence-electron chi connectivity index (χ4n) is 3.32. The molecule has 2 N–H and O–H groups in total. The summed E-state index contributed by atoms with van der Waals surface area (Å²) >= 11 is 5.86. The van der Waals surface area contributed by atoms with Crippen LogP contribution in [-0.2, 0) is 11.3 Å². The van der Waals surface area contributed by atoms with Crippen molar-refractivity contribution < 1.29 is 9.53 Å². The van der Waals surface area contributed by atoms with Crippen LogP contribution in [-0.4, -0.2) is 49.3 Å². The van der Waals surface area contributed by atoms with E-state index in [1.165, 1.54) is 6.42 Å². The summed E-state index contributed by atoms with van der Waals surface area (Å²) in [6.45, 7) is 4.74. The van der Waals surface area contributed by atoms with E-state index in [4.69, 9.17) is 16.3 Å². The summed E-state index contributed by atoms with van der Waals surface area (Å²) in [4.78, 5) is 14.5. The van der Waals surface area contributed by atoms with Gasteiger partial charge in [-0.15, -0.1) is 0 Å². The van der Waals surface area contributed by atoms with Crippen molar-refractivity contribution in [2.75, 3.05) is 32.8 Å². The van der Waals surface area contributed by atoms with E-state index in [0.29, 0.717) is 18.1 Å². The van der Waals surface area contributed by atoms with Crippen LogP contribution >= 0.6 is 11.6 Å². The zero-order valence-corrected chi connectivity index (χ0v) is 14.1. The van der Waals surface area contributed by atoms with Crippen LogP contribution < -0.4 is 10.6 Å². The van der Waals surface area contributed by atoms with E-state index in [9.17, 15) is 4.79 Å². The van der Waals surface area contributed by atoms with Gasteiger partial charge in [0, 0.05) is 36.7 Å². The molecule has 3 rings (SSSR count). The Morgan fingerprint density at radius 3 is 2.48 bits per heavy atom. The largest absolute Gasteiger partial charge is 0.379 e. The molecule has 5 nitrogen and oxygen atoms in total. The molecule has 0 bridgehead atoms. The third-order valence-corrected chi connectivity index (χ3v) is 5.16. The highest BCUT2D eigenvalue weighted by Crippen LogP contribution is 2.37. The van der Waals surface area contributed by atoms with E-state index in [-0.39, 0.29) is 11.6 Å². The number of carbonyl (C=O) groups excluding carboxylic acids is 1. The van der Waals surface area contributed by atoms with Crippen LogP contribution in [0.1, 0.15) is 24.8 Å². The van der Waals surface area contributed by atoms with Gasteiger partial charge in [-0.1, -0.05) is 23.7 Å². The summed E-state index contributed by atoms with van der Waals surface area (Å²) in [5, 5.41) is 6.66. The lowest BCUT2D eigenvalue weighted by molar-refractivity contribution is -0.0536. The Bertz CT molecular complexity index is 525. The minimum atomic E-state index is -0.112. The molecule has 126 valence electrons. The number of nitrogens with zero attached hydrogens (tertiary/aromatic N) is 1. The topological polar surface area (TPSA) is 53.6 Å². The highest BCUT2D eigenvalue weighted by molar-refractivity contribution is 6.30. The van der Waals surface area contributed by atoms with Gasteiger partial charge in [-0.25, -0.2) is 4.79 Å². The van der Waals surface area contributed by atoms with Crippen molar-refractivity contribution in [1.29, 1.82) is 0 Å². The van der Waals surface area contributed by atoms with Crippen LogP contribution in [0.3, 0.4) is 0 Å². The molecule has 1 saturated carbocycles. The van der Waals surface area contributed by atoms with Gasteiger partial charge in [0.2, 0.25) is 0 Å². The van der Waals surface area contributed by atoms with Gasteiger partial charge < -0.3 is 15.4 Å². The maximum absolute atomic E-state index is 12.1. The maximum Gasteiger partial charge on any atom is 0.315 e. The number of benzene rings is 1. The normalized spacial score (nSPS) is 20.6. The molecule has 0 unspecified atom stereocenters.